The van der Waals surface area contributed by atoms with Crippen LogP contribution in [0.1, 0.15) is 43.2 Å². The summed E-state index contributed by atoms with van der Waals surface area (Å²) >= 11 is 6.16. The van der Waals surface area contributed by atoms with Crippen LogP contribution in [0.4, 0.5) is 0 Å². The minimum Gasteiger partial charge on any atom is -0.485 e. The molecule has 1 saturated carbocycles. The number of hydrogen-bond acceptors (Lipinski definition) is 2. The van der Waals surface area contributed by atoms with E-state index in [0.717, 1.165) is 47.6 Å². The quantitative estimate of drug-likeness (QED) is 0.897. The van der Waals surface area contributed by atoms with Crippen LogP contribution in [0.15, 0.2) is 12.1 Å². The average Bonchev–Trinajstić information content (AvgIpc) is 2.37. The number of halogens is 1. The molecule has 100 valence electrons. The SMILES string of the molecule is Cc1cc(OC2(CO)CCCCC2)cc(C)c1Cl. The first-order valence-electron chi connectivity index (χ1n) is 6.63. The topological polar surface area (TPSA) is 29.5 Å². The monoisotopic (exact) mass is 268 g/mol. The van der Waals surface area contributed by atoms with Gasteiger partial charge in [0.15, 0.2) is 0 Å². The number of rotatable bonds is 3. The zero-order chi connectivity index (χ0) is 13.2. The van der Waals surface area contributed by atoms with Crippen LogP contribution >= 0.6 is 11.6 Å². The number of ether oxygens (including phenoxy) is 1. The van der Waals surface area contributed by atoms with E-state index in [1.54, 1.807) is 0 Å². The van der Waals surface area contributed by atoms with Gasteiger partial charge in [-0.2, -0.15) is 0 Å². The van der Waals surface area contributed by atoms with Crippen LogP contribution in [-0.2, 0) is 0 Å². The Bertz CT molecular complexity index is 399. The zero-order valence-corrected chi connectivity index (χ0v) is 11.9. The second-order valence-electron chi connectivity index (χ2n) is 5.37. The van der Waals surface area contributed by atoms with E-state index >= 15 is 0 Å². The van der Waals surface area contributed by atoms with Crippen molar-refractivity contribution in [2.45, 2.75) is 51.6 Å². The lowest BCUT2D eigenvalue weighted by Gasteiger charge is -2.36. The Morgan fingerprint density at radius 3 is 2.22 bits per heavy atom. The predicted molar refractivity (Wildman–Crippen MR) is 74.5 cm³/mol. The van der Waals surface area contributed by atoms with Gasteiger partial charge in [-0.15, -0.1) is 0 Å². The van der Waals surface area contributed by atoms with Crippen LogP contribution < -0.4 is 4.74 Å². The van der Waals surface area contributed by atoms with Crippen LogP contribution in [0.25, 0.3) is 0 Å². The molecule has 1 N–H and O–H groups in total. The molecule has 0 saturated heterocycles. The molecule has 0 heterocycles. The Morgan fingerprint density at radius 2 is 1.72 bits per heavy atom. The number of aliphatic hydroxyl groups is 1. The molecular formula is C15H21ClO2. The third-order valence-electron chi connectivity index (χ3n) is 3.80. The van der Waals surface area contributed by atoms with Gasteiger partial charge >= 0.3 is 0 Å². The fourth-order valence-electron chi connectivity index (χ4n) is 2.70. The summed E-state index contributed by atoms with van der Waals surface area (Å²) in [5.41, 5.74) is 1.66. The molecule has 0 radical (unpaired) electrons. The second-order valence-corrected chi connectivity index (χ2v) is 5.75. The number of aliphatic hydroxyl groups excluding tert-OH is 1. The molecule has 1 aliphatic rings. The molecule has 1 aliphatic carbocycles. The molecule has 1 aromatic rings. The highest BCUT2D eigenvalue weighted by Gasteiger charge is 2.33. The van der Waals surface area contributed by atoms with Gasteiger partial charge in [-0.3, -0.25) is 0 Å². The highest BCUT2D eigenvalue weighted by atomic mass is 35.5. The summed E-state index contributed by atoms with van der Waals surface area (Å²) in [4.78, 5) is 0. The lowest BCUT2D eigenvalue weighted by Crippen LogP contribution is -2.42. The van der Waals surface area contributed by atoms with Crippen LogP contribution in [0.5, 0.6) is 5.75 Å². The number of hydrogen-bond donors (Lipinski definition) is 1. The predicted octanol–water partition coefficient (Wildman–Crippen LogP) is 4.03. The van der Waals surface area contributed by atoms with Crippen molar-refractivity contribution in [3.05, 3.63) is 28.3 Å². The third kappa shape index (κ3) is 2.81. The van der Waals surface area contributed by atoms with Gasteiger partial charge < -0.3 is 9.84 Å². The molecule has 2 nitrogen and oxygen atoms in total. The standard InChI is InChI=1S/C15H21ClO2/c1-11-8-13(9-12(2)14(11)16)18-15(10-17)6-4-3-5-7-15/h8-9,17H,3-7,10H2,1-2H3. The van der Waals surface area contributed by atoms with Crippen molar-refractivity contribution in [1.29, 1.82) is 0 Å². The maximum Gasteiger partial charge on any atom is 0.132 e. The Morgan fingerprint density at radius 1 is 1.17 bits per heavy atom. The molecule has 0 aliphatic heterocycles. The average molecular weight is 269 g/mol. The first-order chi connectivity index (χ1) is 8.56. The first-order valence-corrected chi connectivity index (χ1v) is 7.01. The molecule has 0 atom stereocenters. The van der Waals surface area contributed by atoms with E-state index in [1.165, 1.54) is 6.42 Å². The third-order valence-corrected chi connectivity index (χ3v) is 4.39. The molecule has 0 aromatic heterocycles. The van der Waals surface area contributed by atoms with Crippen LogP contribution in [0.2, 0.25) is 5.02 Å². The van der Waals surface area contributed by atoms with Gasteiger partial charge in [-0.1, -0.05) is 18.0 Å². The Balaban J connectivity index is 2.21. The molecule has 0 spiro atoms. The van der Waals surface area contributed by atoms with E-state index in [-0.39, 0.29) is 12.2 Å². The van der Waals surface area contributed by atoms with E-state index in [4.69, 9.17) is 16.3 Å². The van der Waals surface area contributed by atoms with Crippen molar-refractivity contribution in [3.8, 4) is 5.75 Å². The van der Waals surface area contributed by atoms with Gasteiger partial charge in [-0.25, -0.2) is 0 Å². The first kappa shape index (κ1) is 13.7. The van der Waals surface area contributed by atoms with Crippen LogP contribution in [-0.4, -0.2) is 17.3 Å². The van der Waals surface area contributed by atoms with Gasteiger partial charge in [0.25, 0.3) is 0 Å². The lowest BCUT2D eigenvalue weighted by atomic mass is 9.85. The molecule has 3 heteroatoms. The fourth-order valence-corrected chi connectivity index (χ4v) is 2.81. The van der Waals surface area contributed by atoms with Gasteiger partial charge in [0.1, 0.15) is 11.4 Å². The summed E-state index contributed by atoms with van der Waals surface area (Å²) in [7, 11) is 0. The Hall–Kier alpha value is -0.730. The molecule has 0 bridgehead atoms. The highest BCUT2D eigenvalue weighted by molar-refractivity contribution is 6.32. The molecule has 1 aromatic carbocycles. The van der Waals surface area contributed by atoms with Crippen LogP contribution in [0.3, 0.4) is 0 Å². The Labute approximate surface area is 114 Å². The zero-order valence-electron chi connectivity index (χ0n) is 11.1. The largest absolute Gasteiger partial charge is 0.485 e. The second kappa shape index (κ2) is 5.50. The maximum atomic E-state index is 9.64. The van der Waals surface area contributed by atoms with Crippen LogP contribution in [0, 0.1) is 13.8 Å². The number of benzene rings is 1. The summed E-state index contributed by atoms with van der Waals surface area (Å²) < 4.78 is 6.10. The molecular weight excluding hydrogens is 248 g/mol. The molecule has 0 unspecified atom stereocenters. The van der Waals surface area contributed by atoms with Crippen molar-refractivity contribution < 1.29 is 9.84 Å². The Kier molecular flexibility index (Phi) is 4.18. The van der Waals surface area contributed by atoms with Gasteiger partial charge in [0.05, 0.1) is 6.61 Å². The van der Waals surface area contributed by atoms with E-state index in [1.807, 2.05) is 26.0 Å². The van der Waals surface area contributed by atoms with E-state index < -0.39 is 0 Å². The molecule has 18 heavy (non-hydrogen) atoms. The minimum absolute atomic E-state index is 0.0910. The summed E-state index contributed by atoms with van der Waals surface area (Å²) in [6, 6.07) is 3.92. The van der Waals surface area contributed by atoms with E-state index in [2.05, 4.69) is 0 Å². The highest BCUT2D eigenvalue weighted by Crippen LogP contribution is 2.34. The summed E-state index contributed by atoms with van der Waals surface area (Å²) in [5, 5.41) is 10.4. The normalized spacial score (nSPS) is 18.7. The summed E-state index contributed by atoms with van der Waals surface area (Å²) in [6.45, 7) is 4.05. The molecule has 0 amide bonds. The minimum atomic E-state index is -0.384. The summed E-state index contributed by atoms with van der Waals surface area (Å²) in [5.74, 6) is 0.824. The van der Waals surface area contributed by atoms with Crippen molar-refractivity contribution in [3.63, 3.8) is 0 Å². The van der Waals surface area contributed by atoms with E-state index in [9.17, 15) is 5.11 Å². The molecule has 1 fully saturated rings. The van der Waals surface area contributed by atoms with Crippen molar-refractivity contribution in [2.75, 3.05) is 6.61 Å². The van der Waals surface area contributed by atoms with Gasteiger partial charge in [0, 0.05) is 5.02 Å². The fraction of sp³-hybridized carbons (Fsp3) is 0.600. The van der Waals surface area contributed by atoms with Crippen molar-refractivity contribution in [2.24, 2.45) is 0 Å². The van der Waals surface area contributed by atoms with Crippen molar-refractivity contribution >= 4 is 11.6 Å². The maximum absolute atomic E-state index is 9.64. The van der Waals surface area contributed by atoms with E-state index in [0.29, 0.717) is 0 Å². The number of aryl methyl sites for hydroxylation is 2. The van der Waals surface area contributed by atoms with Gasteiger partial charge in [0.2, 0.25) is 0 Å². The summed E-state index contributed by atoms with van der Waals surface area (Å²) in [6.07, 6.45) is 5.37. The smallest absolute Gasteiger partial charge is 0.132 e. The van der Waals surface area contributed by atoms with Gasteiger partial charge in [-0.05, 0) is 62.8 Å². The van der Waals surface area contributed by atoms with Crippen molar-refractivity contribution in [1.82, 2.24) is 0 Å². The lowest BCUT2D eigenvalue weighted by molar-refractivity contribution is -0.0198. The molecule has 2 rings (SSSR count).